The molecule has 1 aromatic rings. The number of hydrogen-bond donors (Lipinski definition) is 2. The van der Waals surface area contributed by atoms with E-state index in [1.165, 1.54) is 19.3 Å². The third-order valence-electron chi connectivity index (χ3n) is 3.75. The van der Waals surface area contributed by atoms with Crippen molar-refractivity contribution in [3.8, 4) is 17.2 Å². The number of unbranched alkanes of at least 4 members (excludes halogenated alkanes) is 4. The molecule has 0 aliphatic carbocycles. The smallest absolute Gasteiger partial charge is 0.201 e. The van der Waals surface area contributed by atoms with Gasteiger partial charge in [-0.05, 0) is 43.9 Å². The molecule has 3 nitrogen and oxygen atoms in total. The standard InChI is InChI=1S/C16H26O3/c1-5-6-7-8-9-10-19-16-13(4)11(2)12(3)14(17)15(16)18/h17-18H,5-10H2,1-4H3. The molecule has 0 saturated heterocycles. The Morgan fingerprint density at radius 3 is 2.05 bits per heavy atom. The fourth-order valence-corrected chi connectivity index (χ4v) is 2.15. The molecule has 3 heteroatoms. The van der Waals surface area contributed by atoms with Gasteiger partial charge in [0, 0.05) is 0 Å². The summed E-state index contributed by atoms with van der Waals surface area (Å²) in [6.45, 7) is 8.41. The van der Waals surface area contributed by atoms with E-state index in [1.54, 1.807) is 6.92 Å². The number of hydrogen-bond acceptors (Lipinski definition) is 3. The Hall–Kier alpha value is -1.38. The third-order valence-corrected chi connectivity index (χ3v) is 3.75. The lowest BCUT2D eigenvalue weighted by Gasteiger charge is -2.16. The summed E-state index contributed by atoms with van der Waals surface area (Å²) in [5.41, 5.74) is 2.59. The van der Waals surface area contributed by atoms with Gasteiger partial charge >= 0.3 is 0 Å². The summed E-state index contributed by atoms with van der Waals surface area (Å²) in [4.78, 5) is 0. The van der Waals surface area contributed by atoms with Crippen LogP contribution in [0.15, 0.2) is 0 Å². The van der Waals surface area contributed by atoms with E-state index in [4.69, 9.17) is 4.74 Å². The van der Waals surface area contributed by atoms with Gasteiger partial charge in [0.1, 0.15) is 0 Å². The lowest BCUT2D eigenvalue weighted by Crippen LogP contribution is -2.01. The molecule has 1 aromatic carbocycles. The van der Waals surface area contributed by atoms with Gasteiger partial charge in [-0.25, -0.2) is 0 Å². The van der Waals surface area contributed by atoms with Crippen LogP contribution in [0.3, 0.4) is 0 Å². The summed E-state index contributed by atoms with van der Waals surface area (Å²) in [7, 11) is 0. The van der Waals surface area contributed by atoms with Crippen LogP contribution in [0.4, 0.5) is 0 Å². The van der Waals surface area contributed by atoms with Crippen LogP contribution in [0.5, 0.6) is 17.2 Å². The molecule has 0 fully saturated rings. The van der Waals surface area contributed by atoms with E-state index in [1.807, 2.05) is 13.8 Å². The highest BCUT2D eigenvalue weighted by atomic mass is 16.5. The van der Waals surface area contributed by atoms with Crippen LogP contribution < -0.4 is 4.74 Å². The average molecular weight is 266 g/mol. The van der Waals surface area contributed by atoms with Crippen molar-refractivity contribution in [1.82, 2.24) is 0 Å². The van der Waals surface area contributed by atoms with Crippen LogP contribution in [-0.4, -0.2) is 16.8 Å². The zero-order chi connectivity index (χ0) is 14.4. The molecule has 0 amide bonds. The minimum absolute atomic E-state index is 0.0657. The molecule has 1 rings (SSSR count). The van der Waals surface area contributed by atoms with Crippen molar-refractivity contribution in [1.29, 1.82) is 0 Å². The predicted octanol–water partition coefficient (Wildman–Crippen LogP) is 4.37. The molecular weight excluding hydrogens is 240 g/mol. The summed E-state index contributed by atoms with van der Waals surface area (Å²) in [5, 5.41) is 19.8. The highest BCUT2D eigenvalue weighted by molar-refractivity contribution is 5.61. The van der Waals surface area contributed by atoms with Crippen molar-refractivity contribution in [3.63, 3.8) is 0 Å². The van der Waals surface area contributed by atoms with E-state index in [-0.39, 0.29) is 11.5 Å². The first-order valence-corrected chi connectivity index (χ1v) is 7.15. The van der Waals surface area contributed by atoms with Crippen LogP contribution in [-0.2, 0) is 0 Å². The maximum absolute atomic E-state index is 9.95. The van der Waals surface area contributed by atoms with E-state index in [9.17, 15) is 10.2 Å². The van der Waals surface area contributed by atoms with Crippen LogP contribution in [0.25, 0.3) is 0 Å². The van der Waals surface area contributed by atoms with Crippen LogP contribution in [0.1, 0.15) is 55.7 Å². The minimum atomic E-state index is -0.130. The number of aromatic hydroxyl groups is 2. The first-order valence-electron chi connectivity index (χ1n) is 7.15. The maximum Gasteiger partial charge on any atom is 0.201 e. The first-order chi connectivity index (χ1) is 9.00. The number of ether oxygens (including phenoxy) is 1. The van der Waals surface area contributed by atoms with Gasteiger partial charge in [0.2, 0.25) is 5.75 Å². The zero-order valence-corrected chi connectivity index (χ0v) is 12.5. The van der Waals surface area contributed by atoms with E-state index in [0.29, 0.717) is 17.9 Å². The Kier molecular flexibility index (Phi) is 6.00. The van der Waals surface area contributed by atoms with Crippen LogP contribution in [0, 0.1) is 20.8 Å². The third kappa shape index (κ3) is 3.79. The quantitative estimate of drug-likeness (QED) is 0.569. The average Bonchev–Trinajstić information content (AvgIpc) is 2.41. The highest BCUT2D eigenvalue weighted by Gasteiger charge is 2.17. The van der Waals surface area contributed by atoms with E-state index in [0.717, 1.165) is 24.0 Å². The maximum atomic E-state index is 9.95. The molecular formula is C16H26O3. The molecule has 108 valence electrons. The second-order valence-corrected chi connectivity index (χ2v) is 5.16. The Morgan fingerprint density at radius 1 is 0.789 bits per heavy atom. The number of phenolic OH excluding ortho intramolecular Hbond substituents is 2. The van der Waals surface area contributed by atoms with Crippen LogP contribution >= 0.6 is 0 Å². The molecule has 0 saturated carbocycles. The molecule has 0 heterocycles. The van der Waals surface area contributed by atoms with E-state index < -0.39 is 0 Å². The van der Waals surface area contributed by atoms with Crippen LogP contribution in [0.2, 0.25) is 0 Å². The fourth-order valence-electron chi connectivity index (χ4n) is 2.15. The Morgan fingerprint density at radius 2 is 1.42 bits per heavy atom. The fraction of sp³-hybridized carbons (Fsp3) is 0.625. The summed E-state index contributed by atoms with van der Waals surface area (Å²) in [6, 6.07) is 0. The Labute approximate surface area is 116 Å². The molecule has 0 aromatic heterocycles. The monoisotopic (exact) mass is 266 g/mol. The Balaban J connectivity index is 2.64. The summed E-state index contributed by atoms with van der Waals surface area (Å²) in [5.74, 6) is 0.231. The second kappa shape index (κ2) is 7.27. The SMILES string of the molecule is CCCCCCCOc1c(C)c(C)c(C)c(O)c1O. The first kappa shape index (κ1) is 15.7. The van der Waals surface area contributed by atoms with Gasteiger partial charge in [-0.3, -0.25) is 0 Å². The topological polar surface area (TPSA) is 49.7 Å². The van der Waals surface area contributed by atoms with Crippen molar-refractivity contribution in [2.75, 3.05) is 6.61 Å². The second-order valence-electron chi connectivity index (χ2n) is 5.16. The molecule has 19 heavy (non-hydrogen) atoms. The lowest BCUT2D eigenvalue weighted by atomic mass is 10.0. The normalized spacial score (nSPS) is 10.7. The summed E-state index contributed by atoms with van der Waals surface area (Å²) < 4.78 is 5.65. The summed E-state index contributed by atoms with van der Waals surface area (Å²) in [6.07, 6.45) is 5.83. The van der Waals surface area contributed by atoms with E-state index >= 15 is 0 Å². The molecule has 0 atom stereocenters. The predicted molar refractivity (Wildman–Crippen MR) is 78.2 cm³/mol. The molecule has 0 spiro atoms. The van der Waals surface area contributed by atoms with Gasteiger partial charge in [0.25, 0.3) is 0 Å². The van der Waals surface area contributed by atoms with Crippen molar-refractivity contribution < 1.29 is 14.9 Å². The van der Waals surface area contributed by atoms with Crippen molar-refractivity contribution in [2.45, 2.75) is 59.8 Å². The van der Waals surface area contributed by atoms with Gasteiger partial charge in [0.15, 0.2) is 11.5 Å². The van der Waals surface area contributed by atoms with Gasteiger partial charge in [-0.15, -0.1) is 0 Å². The molecule has 0 aliphatic rings. The van der Waals surface area contributed by atoms with E-state index in [2.05, 4.69) is 6.92 Å². The van der Waals surface area contributed by atoms with Gasteiger partial charge in [-0.1, -0.05) is 32.6 Å². The number of benzene rings is 1. The largest absolute Gasteiger partial charge is 0.504 e. The van der Waals surface area contributed by atoms with Gasteiger partial charge in [0.05, 0.1) is 6.61 Å². The van der Waals surface area contributed by atoms with Gasteiger partial charge < -0.3 is 14.9 Å². The number of phenols is 2. The molecule has 0 unspecified atom stereocenters. The summed E-state index contributed by atoms with van der Waals surface area (Å²) >= 11 is 0. The Bertz CT molecular complexity index is 395. The van der Waals surface area contributed by atoms with Crippen molar-refractivity contribution in [3.05, 3.63) is 16.7 Å². The minimum Gasteiger partial charge on any atom is -0.504 e. The van der Waals surface area contributed by atoms with Crippen molar-refractivity contribution in [2.24, 2.45) is 0 Å². The van der Waals surface area contributed by atoms with Gasteiger partial charge in [-0.2, -0.15) is 0 Å². The zero-order valence-electron chi connectivity index (χ0n) is 12.5. The molecule has 0 radical (unpaired) electrons. The molecule has 0 aliphatic heterocycles. The molecule has 2 N–H and O–H groups in total. The van der Waals surface area contributed by atoms with Crippen molar-refractivity contribution >= 4 is 0 Å². The molecule has 0 bridgehead atoms. The highest BCUT2D eigenvalue weighted by Crippen LogP contribution is 2.43. The number of rotatable bonds is 7. The lowest BCUT2D eigenvalue weighted by molar-refractivity contribution is 0.280.